The van der Waals surface area contributed by atoms with Gasteiger partial charge in [-0.15, -0.1) is 0 Å². The number of rotatable bonds is 2. The largest absolute Gasteiger partial charge is 0.311 e. The van der Waals surface area contributed by atoms with E-state index >= 15 is 0 Å². The standard InChI is InChI=1S/C46H53BN2/c1-43(2,3)30-16-22-34(23-17-30)48-38-26-20-32(45(7,8)9)28-36(38)47-37-29-33(46(10,11)12)21-27-39(37)49(41-15-13-14-40(48)42(41)47)35-24-18-31(19-25-35)44(4,5)6/h13-29H,1-12H3/i13D,14D,15D,20D,21D,22D,23D,24D,25D,26D,27D. The lowest BCUT2D eigenvalue weighted by Gasteiger charge is -2.45. The van der Waals surface area contributed by atoms with Crippen LogP contribution in [0.15, 0.2) is 103 Å². The van der Waals surface area contributed by atoms with Crippen LogP contribution in [0.2, 0.25) is 0 Å². The lowest BCUT2D eigenvalue weighted by molar-refractivity contribution is 0.590. The molecule has 0 radical (unpaired) electrons. The molecule has 0 unspecified atom stereocenters. The maximum absolute atomic E-state index is 9.78. The summed E-state index contributed by atoms with van der Waals surface area (Å²) in [6.07, 6.45) is 0. The summed E-state index contributed by atoms with van der Waals surface area (Å²) >= 11 is 0. The first kappa shape index (κ1) is 22.5. The zero-order chi connectivity index (χ0) is 44.8. The smallest absolute Gasteiger partial charge is 0.252 e. The summed E-state index contributed by atoms with van der Waals surface area (Å²) in [5.74, 6) is 0. The molecule has 5 aromatic carbocycles. The van der Waals surface area contributed by atoms with E-state index < -0.39 is 34.4 Å². The molecule has 0 fully saturated rings. The van der Waals surface area contributed by atoms with Gasteiger partial charge in [0.15, 0.2) is 0 Å². The third kappa shape index (κ3) is 5.70. The quantitative estimate of drug-likeness (QED) is 0.171. The summed E-state index contributed by atoms with van der Waals surface area (Å²) in [5.41, 5.74) is 2.26. The summed E-state index contributed by atoms with van der Waals surface area (Å²) in [6, 6.07) is 8.31. The van der Waals surface area contributed by atoms with E-state index in [0.29, 0.717) is 27.5 Å². The van der Waals surface area contributed by atoms with Crippen molar-refractivity contribution < 1.29 is 15.1 Å². The highest BCUT2D eigenvalue weighted by molar-refractivity contribution is 7.00. The summed E-state index contributed by atoms with van der Waals surface area (Å²) in [6.45, 7) is 22.7. The highest BCUT2D eigenvalue weighted by Gasteiger charge is 2.44. The minimum absolute atomic E-state index is 0.0410. The van der Waals surface area contributed by atoms with Gasteiger partial charge in [0.1, 0.15) is 0 Å². The van der Waals surface area contributed by atoms with E-state index in [4.69, 9.17) is 0 Å². The van der Waals surface area contributed by atoms with Crippen molar-refractivity contribution in [3.05, 3.63) is 125 Å². The van der Waals surface area contributed by atoms with Gasteiger partial charge in [-0.1, -0.05) is 138 Å². The molecule has 3 heteroatoms. The predicted molar refractivity (Wildman–Crippen MR) is 215 cm³/mol. The Labute approximate surface area is 311 Å². The molecule has 0 amide bonds. The molecule has 0 saturated carbocycles. The Kier molecular flexibility index (Phi) is 5.11. The van der Waals surface area contributed by atoms with Crippen molar-refractivity contribution in [1.29, 1.82) is 0 Å². The van der Waals surface area contributed by atoms with Gasteiger partial charge in [0, 0.05) is 34.1 Å². The molecule has 0 atom stereocenters. The van der Waals surface area contributed by atoms with Gasteiger partial charge >= 0.3 is 0 Å². The van der Waals surface area contributed by atoms with Crippen LogP contribution in [0.25, 0.3) is 0 Å². The Morgan fingerprint density at radius 1 is 0.429 bits per heavy atom. The minimum atomic E-state index is -0.924. The average Bonchev–Trinajstić information content (AvgIpc) is 3.10. The van der Waals surface area contributed by atoms with Crippen molar-refractivity contribution in [3.8, 4) is 0 Å². The van der Waals surface area contributed by atoms with E-state index in [-0.39, 0.29) is 94.5 Å². The van der Waals surface area contributed by atoms with E-state index in [9.17, 15) is 15.1 Å². The fourth-order valence-corrected chi connectivity index (χ4v) is 6.58. The normalized spacial score (nSPS) is 17.6. The first-order valence-electron chi connectivity index (χ1n) is 22.7. The predicted octanol–water partition coefficient (Wildman–Crippen LogP) is 11.0. The number of anilines is 6. The van der Waals surface area contributed by atoms with E-state index in [1.54, 1.807) is 24.3 Å². The molecular formula is C46H53BN2. The monoisotopic (exact) mass is 655 g/mol. The molecule has 2 aliphatic rings. The fourth-order valence-electron chi connectivity index (χ4n) is 6.58. The number of nitrogens with zero attached hydrogens (tertiary/aromatic N) is 2. The molecule has 2 aliphatic heterocycles. The molecule has 2 nitrogen and oxygen atoms in total. The van der Waals surface area contributed by atoms with Crippen molar-refractivity contribution in [2.75, 3.05) is 9.80 Å². The Morgan fingerprint density at radius 3 is 1.10 bits per heavy atom. The van der Waals surface area contributed by atoms with Crippen molar-refractivity contribution in [2.24, 2.45) is 0 Å². The Bertz CT molecular complexity index is 2460. The zero-order valence-electron chi connectivity index (χ0n) is 41.9. The van der Waals surface area contributed by atoms with Gasteiger partial charge < -0.3 is 9.80 Å². The fraction of sp³-hybridized carbons (Fsp3) is 0.348. The van der Waals surface area contributed by atoms with Gasteiger partial charge in [-0.2, -0.15) is 0 Å². The number of fused-ring (bicyclic) bond motifs is 4. The second-order valence-electron chi connectivity index (χ2n) is 17.6. The van der Waals surface area contributed by atoms with Gasteiger partial charge in [0.2, 0.25) is 0 Å². The van der Waals surface area contributed by atoms with Gasteiger partial charge in [0.05, 0.1) is 15.1 Å². The van der Waals surface area contributed by atoms with Crippen LogP contribution < -0.4 is 26.2 Å². The van der Waals surface area contributed by atoms with Crippen LogP contribution in [0, 0.1) is 0 Å². The van der Waals surface area contributed by atoms with Crippen LogP contribution in [-0.2, 0) is 21.7 Å². The molecule has 0 aromatic heterocycles. The van der Waals surface area contributed by atoms with Crippen molar-refractivity contribution in [1.82, 2.24) is 0 Å². The lowest BCUT2D eigenvalue weighted by atomic mass is 9.33. The van der Waals surface area contributed by atoms with E-state index in [0.717, 1.165) is 11.1 Å². The van der Waals surface area contributed by atoms with Crippen molar-refractivity contribution in [2.45, 2.75) is 105 Å². The van der Waals surface area contributed by atoms with Gasteiger partial charge in [-0.05, 0) is 109 Å². The summed E-state index contributed by atoms with van der Waals surface area (Å²) in [7, 11) is 0. The number of hydrogen-bond donors (Lipinski definition) is 0. The minimum Gasteiger partial charge on any atom is -0.311 e. The van der Waals surface area contributed by atoms with E-state index in [1.807, 2.05) is 95.2 Å². The first-order chi connectivity index (χ1) is 27.4. The maximum Gasteiger partial charge on any atom is 0.252 e. The summed E-state index contributed by atoms with van der Waals surface area (Å²) < 4.78 is 105. The van der Waals surface area contributed by atoms with Crippen molar-refractivity contribution in [3.63, 3.8) is 0 Å². The average molecular weight is 656 g/mol. The molecule has 0 N–H and O–H groups in total. The van der Waals surface area contributed by atoms with Crippen LogP contribution >= 0.6 is 0 Å². The summed E-state index contributed by atoms with van der Waals surface area (Å²) in [5, 5.41) is 0. The van der Waals surface area contributed by atoms with Crippen LogP contribution in [0.1, 0.15) is 120 Å². The zero-order valence-corrected chi connectivity index (χ0v) is 30.9. The van der Waals surface area contributed by atoms with Gasteiger partial charge in [-0.3, -0.25) is 0 Å². The molecule has 0 spiro atoms. The molecule has 7 rings (SSSR count). The number of hydrogen-bond acceptors (Lipinski definition) is 2. The molecule has 5 aromatic rings. The SMILES string of the molecule is [2H]c1cc(C(C)(C)C)cc([2H])c1N1c2c(cc(C(C)(C)C)c([2H])c2[2H])B2c3cc(C(C)(C)C)c([2H])c([2H])c3N(c3c([2H])cc(C(C)(C)C)cc3[2H])c3c([2H])c([2H])c([2H])c1c32. The van der Waals surface area contributed by atoms with Gasteiger partial charge in [0.25, 0.3) is 6.71 Å². The number of benzene rings is 5. The topological polar surface area (TPSA) is 6.48 Å². The van der Waals surface area contributed by atoms with Crippen LogP contribution in [0.4, 0.5) is 34.1 Å². The molecule has 2 heterocycles. The molecule has 49 heavy (non-hydrogen) atoms. The van der Waals surface area contributed by atoms with E-state index in [1.165, 1.54) is 9.80 Å². The molecule has 0 bridgehead atoms. The highest BCUT2D eigenvalue weighted by atomic mass is 15.2. The Balaban J connectivity index is 1.78. The van der Waals surface area contributed by atoms with Crippen molar-refractivity contribution >= 4 is 57.2 Å². The maximum atomic E-state index is 9.78. The Morgan fingerprint density at radius 2 is 0.776 bits per heavy atom. The highest BCUT2D eigenvalue weighted by Crippen LogP contribution is 2.45. The third-order valence-electron chi connectivity index (χ3n) is 9.71. The molecule has 0 aliphatic carbocycles. The second-order valence-corrected chi connectivity index (χ2v) is 17.6. The Hall–Kier alpha value is -4.24. The molecule has 0 saturated heterocycles. The van der Waals surface area contributed by atoms with Crippen LogP contribution in [-0.4, -0.2) is 6.71 Å². The van der Waals surface area contributed by atoms with E-state index in [2.05, 4.69) is 0 Å². The molecule has 250 valence electrons. The third-order valence-corrected chi connectivity index (χ3v) is 9.71. The molecular weight excluding hydrogens is 591 g/mol. The van der Waals surface area contributed by atoms with Gasteiger partial charge in [-0.25, -0.2) is 0 Å². The summed E-state index contributed by atoms with van der Waals surface area (Å²) in [4.78, 5) is 2.99. The van der Waals surface area contributed by atoms with Crippen LogP contribution in [0.5, 0.6) is 0 Å². The second kappa shape index (κ2) is 11.1. The first-order valence-corrected chi connectivity index (χ1v) is 17.2. The lowest BCUT2D eigenvalue weighted by Crippen LogP contribution is -2.61. The van der Waals surface area contributed by atoms with Crippen LogP contribution in [0.3, 0.4) is 0 Å².